The molecule has 0 saturated carbocycles. The molecule has 0 aliphatic heterocycles. The lowest BCUT2D eigenvalue weighted by atomic mass is 10.1. The van der Waals surface area contributed by atoms with Crippen LogP contribution in [-0.2, 0) is 6.54 Å². The molecule has 0 spiro atoms. The third-order valence-electron chi connectivity index (χ3n) is 2.88. The Morgan fingerprint density at radius 1 is 1.38 bits per heavy atom. The van der Waals surface area contributed by atoms with E-state index >= 15 is 0 Å². The second-order valence-corrected chi connectivity index (χ2v) is 4.66. The van der Waals surface area contributed by atoms with Crippen LogP contribution < -0.4 is 5.32 Å². The Kier molecular flexibility index (Phi) is 4.32. The second kappa shape index (κ2) is 6.01. The zero-order chi connectivity index (χ0) is 15.6. The van der Waals surface area contributed by atoms with Gasteiger partial charge in [0.25, 0.3) is 0 Å². The molecule has 8 heteroatoms. The molecule has 0 saturated heterocycles. The van der Waals surface area contributed by atoms with Crippen LogP contribution in [-0.4, -0.2) is 9.91 Å². The van der Waals surface area contributed by atoms with Crippen molar-refractivity contribution < 1.29 is 13.7 Å². The molecule has 0 bridgehead atoms. The predicted octanol–water partition coefficient (Wildman–Crippen LogP) is 3.84. The van der Waals surface area contributed by atoms with E-state index in [1.165, 1.54) is 6.20 Å². The quantitative estimate of drug-likeness (QED) is 0.529. The van der Waals surface area contributed by atoms with Gasteiger partial charge in [0, 0.05) is 30.4 Å². The highest BCUT2D eigenvalue weighted by Gasteiger charge is 2.18. The van der Waals surface area contributed by atoms with Crippen molar-refractivity contribution in [2.45, 2.75) is 13.5 Å². The molecule has 0 aliphatic carbocycles. The van der Waals surface area contributed by atoms with Crippen LogP contribution in [0.1, 0.15) is 11.1 Å². The first-order valence-electron chi connectivity index (χ1n) is 5.87. The van der Waals surface area contributed by atoms with E-state index < -0.39 is 22.2 Å². The standard InChI is InChI=1S/C13H10ClF2N3O2/c1-7-2-3-17-13(14)12(7)18-6-8-4-11(19(20)21)10(16)5-9(8)15/h2-5,18H,6H2,1H3. The number of rotatable bonds is 4. The van der Waals surface area contributed by atoms with Gasteiger partial charge in [-0.1, -0.05) is 11.6 Å². The maximum Gasteiger partial charge on any atom is 0.305 e. The summed E-state index contributed by atoms with van der Waals surface area (Å²) in [5, 5.41) is 13.7. The van der Waals surface area contributed by atoms with Crippen molar-refractivity contribution in [3.63, 3.8) is 0 Å². The molecule has 21 heavy (non-hydrogen) atoms. The number of anilines is 1. The average Bonchev–Trinajstić information content (AvgIpc) is 2.39. The number of halogens is 3. The first-order valence-corrected chi connectivity index (χ1v) is 6.25. The first kappa shape index (κ1) is 15.1. The number of nitro groups is 1. The number of nitrogens with zero attached hydrogens (tertiary/aromatic N) is 2. The second-order valence-electron chi connectivity index (χ2n) is 4.30. The number of benzene rings is 1. The lowest BCUT2D eigenvalue weighted by molar-refractivity contribution is -0.387. The minimum atomic E-state index is -1.21. The van der Waals surface area contributed by atoms with E-state index in [9.17, 15) is 18.9 Å². The lowest BCUT2D eigenvalue weighted by Gasteiger charge is -2.11. The average molecular weight is 314 g/mol. The Hall–Kier alpha value is -2.28. The Morgan fingerprint density at radius 2 is 2.10 bits per heavy atom. The fraction of sp³-hybridized carbons (Fsp3) is 0.154. The van der Waals surface area contributed by atoms with Crippen LogP contribution in [0.25, 0.3) is 0 Å². The van der Waals surface area contributed by atoms with Gasteiger partial charge in [-0.25, -0.2) is 9.37 Å². The molecule has 1 N–H and O–H groups in total. The van der Waals surface area contributed by atoms with Gasteiger partial charge in [-0.2, -0.15) is 4.39 Å². The van der Waals surface area contributed by atoms with Crippen molar-refractivity contribution in [2.24, 2.45) is 0 Å². The van der Waals surface area contributed by atoms with Crippen molar-refractivity contribution in [2.75, 3.05) is 5.32 Å². The monoisotopic (exact) mass is 313 g/mol. The minimum absolute atomic E-state index is 0.0394. The SMILES string of the molecule is Cc1ccnc(Cl)c1NCc1cc([N+](=O)[O-])c(F)cc1F. The summed E-state index contributed by atoms with van der Waals surface area (Å²) in [5.74, 6) is -2.08. The Bertz CT molecular complexity index is 690. The van der Waals surface area contributed by atoms with E-state index in [-0.39, 0.29) is 17.3 Å². The van der Waals surface area contributed by atoms with Gasteiger partial charge in [-0.15, -0.1) is 0 Å². The molecule has 2 rings (SSSR count). The summed E-state index contributed by atoms with van der Waals surface area (Å²) < 4.78 is 26.9. The molecule has 1 aromatic carbocycles. The third kappa shape index (κ3) is 3.25. The van der Waals surface area contributed by atoms with Crippen LogP contribution in [0.4, 0.5) is 20.2 Å². The molecule has 1 heterocycles. The van der Waals surface area contributed by atoms with Crippen molar-refractivity contribution >= 4 is 23.0 Å². The first-order chi connectivity index (χ1) is 9.90. The smallest absolute Gasteiger partial charge is 0.305 e. The van der Waals surface area contributed by atoms with Crippen LogP contribution in [0.15, 0.2) is 24.4 Å². The molecule has 1 aromatic heterocycles. The lowest BCUT2D eigenvalue weighted by Crippen LogP contribution is -2.06. The number of hydrogen-bond donors (Lipinski definition) is 1. The van der Waals surface area contributed by atoms with Crippen LogP contribution in [0.3, 0.4) is 0 Å². The summed E-state index contributed by atoms with van der Waals surface area (Å²) in [6.45, 7) is 1.69. The van der Waals surface area contributed by atoms with Gasteiger partial charge in [0.2, 0.25) is 5.82 Å². The van der Waals surface area contributed by atoms with E-state index in [0.717, 1.165) is 11.6 Å². The number of nitro benzene ring substituents is 1. The highest BCUT2D eigenvalue weighted by molar-refractivity contribution is 6.32. The Labute approximate surface area is 123 Å². The van der Waals surface area contributed by atoms with E-state index in [1.54, 1.807) is 13.0 Å². The number of aromatic nitrogens is 1. The molecule has 0 unspecified atom stereocenters. The highest BCUT2D eigenvalue weighted by Crippen LogP contribution is 2.26. The summed E-state index contributed by atoms with van der Waals surface area (Å²) in [6.07, 6.45) is 1.52. The van der Waals surface area contributed by atoms with E-state index in [0.29, 0.717) is 11.8 Å². The summed E-state index contributed by atoms with van der Waals surface area (Å²) in [4.78, 5) is 13.6. The molecular weight excluding hydrogens is 304 g/mol. The van der Waals surface area contributed by atoms with Gasteiger partial charge >= 0.3 is 5.69 Å². The van der Waals surface area contributed by atoms with Gasteiger partial charge < -0.3 is 5.32 Å². The largest absolute Gasteiger partial charge is 0.378 e. The normalized spacial score (nSPS) is 10.5. The van der Waals surface area contributed by atoms with Crippen LogP contribution in [0, 0.1) is 28.7 Å². The zero-order valence-corrected chi connectivity index (χ0v) is 11.6. The number of hydrogen-bond acceptors (Lipinski definition) is 4. The molecule has 0 fully saturated rings. The van der Waals surface area contributed by atoms with Crippen LogP contribution in [0.5, 0.6) is 0 Å². The maximum absolute atomic E-state index is 13.6. The van der Waals surface area contributed by atoms with Crippen LogP contribution >= 0.6 is 11.6 Å². The van der Waals surface area contributed by atoms with Gasteiger partial charge in [-0.3, -0.25) is 10.1 Å². The van der Waals surface area contributed by atoms with Gasteiger partial charge in [0.05, 0.1) is 10.6 Å². The fourth-order valence-corrected chi connectivity index (χ4v) is 2.05. The van der Waals surface area contributed by atoms with Gasteiger partial charge in [0.15, 0.2) is 5.15 Å². The Morgan fingerprint density at radius 3 is 2.71 bits per heavy atom. The van der Waals surface area contributed by atoms with Crippen molar-refractivity contribution in [3.8, 4) is 0 Å². The molecule has 0 aliphatic rings. The number of nitrogens with one attached hydrogen (secondary N) is 1. The molecule has 0 radical (unpaired) electrons. The van der Waals surface area contributed by atoms with Crippen molar-refractivity contribution in [1.29, 1.82) is 0 Å². The highest BCUT2D eigenvalue weighted by atomic mass is 35.5. The third-order valence-corrected chi connectivity index (χ3v) is 3.17. The topological polar surface area (TPSA) is 68.1 Å². The van der Waals surface area contributed by atoms with Crippen molar-refractivity contribution in [1.82, 2.24) is 4.98 Å². The van der Waals surface area contributed by atoms with E-state index in [2.05, 4.69) is 10.3 Å². The molecule has 5 nitrogen and oxygen atoms in total. The molecule has 0 amide bonds. The number of pyridine rings is 1. The van der Waals surface area contributed by atoms with E-state index in [1.807, 2.05) is 0 Å². The summed E-state index contributed by atoms with van der Waals surface area (Å²) in [7, 11) is 0. The zero-order valence-electron chi connectivity index (χ0n) is 10.9. The van der Waals surface area contributed by atoms with Gasteiger partial charge in [-0.05, 0) is 18.6 Å². The molecule has 2 aromatic rings. The maximum atomic E-state index is 13.6. The van der Waals surface area contributed by atoms with E-state index in [4.69, 9.17) is 11.6 Å². The van der Waals surface area contributed by atoms with Gasteiger partial charge in [0.1, 0.15) is 5.82 Å². The van der Waals surface area contributed by atoms with Crippen LogP contribution in [0.2, 0.25) is 5.15 Å². The summed E-state index contributed by atoms with van der Waals surface area (Å²) >= 11 is 5.91. The summed E-state index contributed by atoms with van der Waals surface area (Å²) in [6, 6.07) is 3.06. The minimum Gasteiger partial charge on any atom is -0.378 e. The molecule has 110 valence electrons. The summed E-state index contributed by atoms with van der Waals surface area (Å²) in [5.41, 5.74) is 0.460. The Balaban J connectivity index is 2.28. The molecule has 0 atom stereocenters. The predicted molar refractivity (Wildman–Crippen MR) is 74.3 cm³/mol. The number of aryl methyl sites for hydroxylation is 1. The fourth-order valence-electron chi connectivity index (χ4n) is 1.78. The van der Waals surface area contributed by atoms with Crippen molar-refractivity contribution in [3.05, 3.63) is 62.4 Å². The molecular formula is C13H10ClF2N3O2.